The molecule has 0 aromatic heterocycles. The maximum absolute atomic E-state index is 13.1. The molecule has 30 heavy (non-hydrogen) atoms. The summed E-state index contributed by atoms with van der Waals surface area (Å²) in [5.74, 6) is 0.964. The fraction of sp³-hybridized carbons (Fsp3) is 0.440. The molecule has 5 heteroatoms. The third-order valence-electron chi connectivity index (χ3n) is 5.98. The van der Waals surface area contributed by atoms with E-state index in [0.717, 1.165) is 36.9 Å². The first-order chi connectivity index (χ1) is 14.5. The van der Waals surface area contributed by atoms with Gasteiger partial charge in [0.05, 0.1) is 6.04 Å². The Bertz CT molecular complexity index is 934. The molecule has 2 aliphatic rings. The molecule has 1 N–H and O–H groups in total. The summed E-state index contributed by atoms with van der Waals surface area (Å²) in [6.07, 6.45) is 2.25. The van der Waals surface area contributed by atoms with Crippen LogP contribution in [0.25, 0.3) is 0 Å². The summed E-state index contributed by atoms with van der Waals surface area (Å²) in [6, 6.07) is 14.3. The minimum atomic E-state index is -0.575. The molecule has 1 aliphatic carbocycles. The van der Waals surface area contributed by atoms with Gasteiger partial charge in [-0.25, -0.2) is 0 Å². The van der Waals surface area contributed by atoms with Crippen molar-refractivity contribution in [2.45, 2.75) is 52.2 Å². The Morgan fingerprint density at radius 3 is 2.57 bits per heavy atom. The molecule has 158 valence electrons. The lowest BCUT2D eigenvalue weighted by atomic mass is 9.87. The molecule has 1 fully saturated rings. The van der Waals surface area contributed by atoms with Crippen molar-refractivity contribution in [1.82, 2.24) is 10.2 Å². The van der Waals surface area contributed by atoms with Gasteiger partial charge in [0, 0.05) is 19.0 Å². The van der Waals surface area contributed by atoms with Gasteiger partial charge < -0.3 is 15.0 Å². The highest BCUT2D eigenvalue weighted by molar-refractivity contribution is 5.82. The molecule has 0 unspecified atom stereocenters. The number of fused-ring (bicyclic) bond motifs is 1. The van der Waals surface area contributed by atoms with E-state index in [1.54, 1.807) is 6.92 Å². The number of ether oxygens (including phenoxy) is 1. The summed E-state index contributed by atoms with van der Waals surface area (Å²) in [5.41, 5.74) is 4.64. The van der Waals surface area contributed by atoms with E-state index in [4.69, 9.17) is 4.74 Å². The van der Waals surface area contributed by atoms with E-state index in [0.29, 0.717) is 12.3 Å². The minimum absolute atomic E-state index is 0.120. The molecule has 1 heterocycles. The van der Waals surface area contributed by atoms with Crippen LogP contribution in [-0.4, -0.2) is 35.9 Å². The summed E-state index contributed by atoms with van der Waals surface area (Å²) in [4.78, 5) is 27.2. The van der Waals surface area contributed by atoms with Crippen molar-refractivity contribution >= 4 is 11.8 Å². The second-order valence-electron chi connectivity index (χ2n) is 8.38. The Morgan fingerprint density at radius 2 is 1.90 bits per heavy atom. The minimum Gasteiger partial charge on any atom is -0.481 e. The quantitative estimate of drug-likeness (QED) is 0.794. The lowest BCUT2D eigenvalue weighted by Gasteiger charge is -2.38. The van der Waals surface area contributed by atoms with Gasteiger partial charge in [0.25, 0.3) is 5.91 Å². The van der Waals surface area contributed by atoms with E-state index >= 15 is 0 Å². The van der Waals surface area contributed by atoms with Gasteiger partial charge in [-0.3, -0.25) is 9.59 Å². The Labute approximate surface area is 178 Å². The molecule has 0 spiro atoms. The number of rotatable bonds is 6. The fourth-order valence-corrected chi connectivity index (χ4v) is 4.15. The van der Waals surface area contributed by atoms with Crippen LogP contribution in [0.5, 0.6) is 5.75 Å². The van der Waals surface area contributed by atoms with Gasteiger partial charge >= 0.3 is 0 Å². The zero-order valence-corrected chi connectivity index (χ0v) is 18.0. The summed E-state index contributed by atoms with van der Waals surface area (Å²) in [5, 5.41) is 2.79. The maximum atomic E-state index is 13.1. The van der Waals surface area contributed by atoms with Crippen LogP contribution in [0.15, 0.2) is 42.5 Å². The van der Waals surface area contributed by atoms with E-state index in [2.05, 4.69) is 42.6 Å². The molecule has 1 aliphatic heterocycles. The van der Waals surface area contributed by atoms with Gasteiger partial charge in [-0.05, 0) is 68.9 Å². The van der Waals surface area contributed by atoms with Crippen molar-refractivity contribution in [3.8, 4) is 5.75 Å². The molecular formula is C25H30N2O3. The molecule has 4 rings (SSSR count). The van der Waals surface area contributed by atoms with Gasteiger partial charge in [0.1, 0.15) is 5.75 Å². The lowest BCUT2D eigenvalue weighted by molar-refractivity contribution is -0.134. The first-order valence-electron chi connectivity index (χ1n) is 10.9. The van der Waals surface area contributed by atoms with Crippen molar-refractivity contribution in [3.63, 3.8) is 0 Å². The summed E-state index contributed by atoms with van der Waals surface area (Å²) in [6.45, 7) is 7.02. The second-order valence-corrected chi connectivity index (χ2v) is 8.38. The molecule has 2 aromatic carbocycles. The van der Waals surface area contributed by atoms with Crippen LogP contribution in [0.2, 0.25) is 0 Å². The standard InChI is InChI=1S/C25H30N2O3/c1-4-26-24(28)17(3)30-21-12-11-18-13-14-27(25(29)20-9-10-20)23(22(18)15-21)19-7-5-16(2)6-8-19/h5-8,11-12,15,17,20,23H,4,9-10,13-14H2,1-3H3,(H,26,28)/t17-,23+/m0/s1. The maximum Gasteiger partial charge on any atom is 0.260 e. The summed E-state index contributed by atoms with van der Waals surface area (Å²) in [7, 11) is 0. The van der Waals surface area contributed by atoms with Crippen LogP contribution in [0.4, 0.5) is 0 Å². The van der Waals surface area contributed by atoms with Crippen LogP contribution in [0.1, 0.15) is 55.0 Å². The van der Waals surface area contributed by atoms with Crippen LogP contribution in [0.3, 0.4) is 0 Å². The normalized spacial score (nSPS) is 19.0. The van der Waals surface area contributed by atoms with Crippen molar-refractivity contribution in [1.29, 1.82) is 0 Å². The van der Waals surface area contributed by atoms with Crippen LogP contribution in [0, 0.1) is 12.8 Å². The van der Waals surface area contributed by atoms with Crippen LogP contribution < -0.4 is 10.1 Å². The predicted octanol–water partition coefficient (Wildman–Crippen LogP) is 3.78. The third-order valence-corrected chi connectivity index (χ3v) is 5.98. The highest BCUT2D eigenvalue weighted by atomic mass is 16.5. The highest BCUT2D eigenvalue weighted by Crippen LogP contribution is 2.41. The molecule has 5 nitrogen and oxygen atoms in total. The molecule has 0 saturated heterocycles. The van der Waals surface area contributed by atoms with Gasteiger partial charge in [-0.1, -0.05) is 35.9 Å². The Morgan fingerprint density at radius 1 is 1.17 bits per heavy atom. The number of aryl methyl sites for hydroxylation is 1. The van der Waals surface area contributed by atoms with Crippen molar-refractivity contribution in [3.05, 3.63) is 64.7 Å². The van der Waals surface area contributed by atoms with Gasteiger partial charge in [0.2, 0.25) is 5.91 Å². The Hall–Kier alpha value is -2.82. The molecule has 2 aromatic rings. The first-order valence-corrected chi connectivity index (χ1v) is 10.9. The average Bonchev–Trinajstić information content (AvgIpc) is 3.58. The van der Waals surface area contributed by atoms with E-state index in [9.17, 15) is 9.59 Å². The predicted molar refractivity (Wildman–Crippen MR) is 116 cm³/mol. The largest absolute Gasteiger partial charge is 0.481 e. The van der Waals surface area contributed by atoms with E-state index < -0.39 is 6.10 Å². The number of nitrogens with one attached hydrogen (secondary N) is 1. The number of carbonyl (C=O) groups excluding carboxylic acids is 2. The molecule has 0 bridgehead atoms. The zero-order chi connectivity index (χ0) is 21.3. The topological polar surface area (TPSA) is 58.6 Å². The number of hydrogen-bond acceptors (Lipinski definition) is 3. The zero-order valence-electron chi connectivity index (χ0n) is 18.0. The fourth-order valence-electron chi connectivity index (χ4n) is 4.15. The number of likely N-dealkylation sites (N-methyl/N-ethyl adjacent to an activating group) is 1. The summed E-state index contributed by atoms with van der Waals surface area (Å²) >= 11 is 0. The van der Waals surface area contributed by atoms with Gasteiger partial charge in [-0.2, -0.15) is 0 Å². The lowest BCUT2D eigenvalue weighted by Crippen LogP contribution is -2.41. The van der Waals surface area contributed by atoms with Gasteiger partial charge in [0.15, 0.2) is 6.10 Å². The average molecular weight is 407 g/mol. The molecule has 0 radical (unpaired) electrons. The number of hydrogen-bond donors (Lipinski definition) is 1. The van der Waals surface area contributed by atoms with Crippen molar-refractivity contribution in [2.24, 2.45) is 5.92 Å². The van der Waals surface area contributed by atoms with E-state index in [1.807, 2.05) is 24.0 Å². The monoisotopic (exact) mass is 406 g/mol. The Balaban J connectivity index is 1.69. The second kappa shape index (κ2) is 8.50. The summed E-state index contributed by atoms with van der Waals surface area (Å²) < 4.78 is 5.94. The highest BCUT2D eigenvalue weighted by Gasteiger charge is 2.39. The van der Waals surface area contributed by atoms with Crippen molar-refractivity contribution < 1.29 is 14.3 Å². The SMILES string of the molecule is CCNC(=O)[C@H](C)Oc1ccc2c(c1)[C@@H](c1ccc(C)cc1)N(C(=O)C1CC1)CC2. The van der Waals surface area contributed by atoms with Crippen LogP contribution in [-0.2, 0) is 16.0 Å². The van der Waals surface area contributed by atoms with E-state index in [1.165, 1.54) is 11.1 Å². The molecule has 1 saturated carbocycles. The number of benzene rings is 2. The smallest absolute Gasteiger partial charge is 0.260 e. The molecule has 2 amide bonds. The number of amides is 2. The van der Waals surface area contributed by atoms with E-state index in [-0.39, 0.29) is 23.8 Å². The molecular weight excluding hydrogens is 376 g/mol. The van der Waals surface area contributed by atoms with Crippen molar-refractivity contribution in [2.75, 3.05) is 13.1 Å². The number of nitrogens with zero attached hydrogens (tertiary/aromatic N) is 1. The molecule has 2 atom stereocenters. The van der Waals surface area contributed by atoms with Crippen LogP contribution >= 0.6 is 0 Å². The first kappa shape index (κ1) is 20.5. The van der Waals surface area contributed by atoms with Gasteiger partial charge in [-0.15, -0.1) is 0 Å². The Kier molecular flexibility index (Phi) is 5.80. The third kappa shape index (κ3) is 4.20. The number of carbonyl (C=O) groups is 2.